The Morgan fingerprint density at radius 2 is 2.00 bits per heavy atom. The molecule has 1 aromatic carbocycles. The first-order valence-corrected chi connectivity index (χ1v) is 6.15. The Bertz CT molecular complexity index is 563. The average Bonchev–Trinajstić information content (AvgIpc) is 2.27. The van der Waals surface area contributed by atoms with Gasteiger partial charge in [0.15, 0.2) is 0 Å². The van der Waals surface area contributed by atoms with Gasteiger partial charge in [-0.2, -0.15) is 0 Å². The van der Waals surface area contributed by atoms with Crippen LogP contribution < -0.4 is 10.5 Å². The first-order valence-electron chi connectivity index (χ1n) is 4.60. The smallest absolute Gasteiger partial charge is 0.238 e. The molecule has 0 unspecified atom stereocenters. The lowest BCUT2D eigenvalue weighted by atomic mass is 10.3. The summed E-state index contributed by atoms with van der Waals surface area (Å²) < 4.78 is 6.31. The summed E-state index contributed by atoms with van der Waals surface area (Å²) >= 11 is 15.0. The van der Waals surface area contributed by atoms with Gasteiger partial charge < -0.3 is 10.5 Å². The van der Waals surface area contributed by atoms with Gasteiger partial charge >= 0.3 is 0 Å². The largest absolute Gasteiger partial charge is 0.436 e. The van der Waals surface area contributed by atoms with E-state index in [1.807, 2.05) is 0 Å². The zero-order valence-electron chi connectivity index (χ0n) is 8.45. The van der Waals surface area contributed by atoms with Crippen LogP contribution in [0.5, 0.6) is 11.6 Å². The Balaban J connectivity index is 2.34. The minimum Gasteiger partial charge on any atom is -0.436 e. The number of nitrogens with two attached hydrogens (primary N) is 1. The summed E-state index contributed by atoms with van der Waals surface area (Å²) in [5, 5.41) is 0.792. The van der Waals surface area contributed by atoms with E-state index in [1.165, 1.54) is 6.20 Å². The molecule has 17 heavy (non-hydrogen) atoms. The first kappa shape index (κ1) is 12.5. The number of pyridine rings is 1. The molecule has 0 amide bonds. The summed E-state index contributed by atoms with van der Waals surface area (Å²) in [5.74, 6) is 0.823. The number of nitrogens with zero attached hydrogens (tertiary/aromatic N) is 1. The fourth-order valence-electron chi connectivity index (χ4n) is 1.18. The van der Waals surface area contributed by atoms with Crippen LogP contribution in [0.4, 0.5) is 5.69 Å². The maximum atomic E-state index is 5.95. The molecule has 88 valence electrons. The number of hydrogen-bond acceptors (Lipinski definition) is 3. The van der Waals surface area contributed by atoms with Crippen LogP contribution in [-0.4, -0.2) is 4.98 Å². The quantitative estimate of drug-likeness (QED) is 0.821. The third kappa shape index (κ3) is 3.03. The van der Waals surface area contributed by atoms with Crippen LogP contribution in [-0.2, 0) is 0 Å². The molecule has 2 aromatic rings. The molecule has 1 heterocycles. The summed E-state index contributed by atoms with van der Waals surface area (Å²) in [7, 11) is 0. The van der Waals surface area contributed by atoms with Crippen molar-refractivity contribution in [2.75, 3.05) is 5.73 Å². The van der Waals surface area contributed by atoms with E-state index < -0.39 is 0 Å². The van der Waals surface area contributed by atoms with E-state index in [0.717, 1.165) is 4.47 Å². The zero-order chi connectivity index (χ0) is 12.4. The molecular formula is C11H7BrCl2N2O. The molecule has 6 heteroatoms. The van der Waals surface area contributed by atoms with Gasteiger partial charge in [-0.1, -0.05) is 23.2 Å². The summed E-state index contributed by atoms with van der Waals surface area (Å²) in [6.07, 6.45) is 1.46. The van der Waals surface area contributed by atoms with Crippen LogP contribution in [0.3, 0.4) is 0 Å². The van der Waals surface area contributed by atoms with E-state index in [1.54, 1.807) is 24.3 Å². The van der Waals surface area contributed by atoms with Gasteiger partial charge in [0.05, 0.1) is 9.50 Å². The molecule has 3 nitrogen and oxygen atoms in total. The van der Waals surface area contributed by atoms with Crippen molar-refractivity contribution in [3.63, 3.8) is 0 Å². The third-order valence-electron chi connectivity index (χ3n) is 1.94. The van der Waals surface area contributed by atoms with Crippen molar-refractivity contribution in [2.24, 2.45) is 0 Å². The van der Waals surface area contributed by atoms with E-state index in [2.05, 4.69) is 20.9 Å². The molecule has 0 bridgehead atoms. The van der Waals surface area contributed by atoms with Gasteiger partial charge in [-0.05, 0) is 34.1 Å². The first-order chi connectivity index (χ1) is 8.06. The SMILES string of the molecule is Nc1ccc(Br)c(Oc2ncc(Cl)cc2Cl)c1. The van der Waals surface area contributed by atoms with E-state index in [4.69, 9.17) is 33.7 Å². The van der Waals surface area contributed by atoms with Crippen LogP contribution in [0.25, 0.3) is 0 Å². The Hall–Kier alpha value is -0.970. The number of halogens is 3. The van der Waals surface area contributed by atoms with Crippen LogP contribution in [0.2, 0.25) is 10.0 Å². The highest BCUT2D eigenvalue weighted by molar-refractivity contribution is 9.10. The van der Waals surface area contributed by atoms with Gasteiger partial charge in [-0.3, -0.25) is 0 Å². The van der Waals surface area contributed by atoms with Crippen molar-refractivity contribution in [1.82, 2.24) is 4.98 Å². The topological polar surface area (TPSA) is 48.1 Å². The Morgan fingerprint density at radius 3 is 2.71 bits per heavy atom. The summed E-state index contributed by atoms with van der Waals surface area (Å²) in [6.45, 7) is 0. The van der Waals surface area contributed by atoms with Gasteiger partial charge in [0.1, 0.15) is 10.8 Å². The molecule has 2 rings (SSSR count). The minimum absolute atomic E-state index is 0.280. The second-order valence-corrected chi connectivity index (χ2v) is 4.93. The number of hydrogen-bond donors (Lipinski definition) is 1. The van der Waals surface area contributed by atoms with Crippen molar-refractivity contribution in [3.8, 4) is 11.6 Å². The number of anilines is 1. The second-order valence-electron chi connectivity index (χ2n) is 3.23. The Labute approximate surface area is 117 Å². The molecule has 0 atom stereocenters. The maximum absolute atomic E-state index is 5.95. The van der Waals surface area contributed by atoms with Crippen molar-refractivity contribution < 1.29 is 4.74 Å². The standard InChI is InChI=1S/C11H7BrCl2N2O/c12-8-2-1-7(15)4-10(8)17-11-9(14)3-6(13)5-16-11/h1-5H,15H2. The predicted octanol–water partition coefficient (Wildman–Crippen LogP) is 4.53. The van der Waals surface area contributed by atoms with Crippen LogP contribution >= 0.6 is 39.1 Å². The lowest BCUT2D eigenvalue weighted by Gasteiger charge is -2.08. The molecule has 0 spiro atoms. The molecule has 2 N–H and O–H groups in total. The fourth-order valence-corrected chi connectivity index (χ4v) is 1.93. The van der Waals surface area contributed by atoms with Gasteiger partial charge in [0, 0.05) is 18.0 Å². The highest BCUT2D eigenvalue weighted by Crippen LogP contribution is 2.34. The zero-order valence-corrected chi connectivity index (χ0v) is 11.6. The molecule has 0 fully saturated rings. The molecule has 1 aromatic heterocycles. The number of rotatable bonds is 2. The minimum atomic E-state index is 0.280. The van der Waals surface area contributed by atoms with Crippen molar-refractivity contribution >= 4 is 44.8 Å². The molecule has 0 saturated carbocycles. The van der Waals surface area contributed by atoms with Crippen molar-refractivity contribution in [2.45, 2.75) is 0 Å². The van der Waals surface area contributed by atoms with Gasteiger partial charge in [-0.15, -0.1) is 0 Å². The van der Waals surface area contributed by atoms with E-state index >= 15 is 0 Å². The van der Waals surface area contributed by atoms with E-state index in [-0.39, 0.29) is 5.88 Å². The summed E-state index contributed by atoms with van der Waals surface area (Å²) in [6, 6.07) is 6.78. The predicted molar refractivity (Wildman–Crippen MR) is 72.9 cm³/mol. The molecule has 0 aliphatic heterocycles. The number of ether oxygens (including phenoxy) is 1. The maximum Gasteiger partial charge on any atom is 0.238 e. The fraction of sp³-hybridized carbons (Fsp3) is 0. The average molecular weight is 334 g/mol. The molecular weight excluding hydrogens is 327 g/mol. The van der Waals surface area contributed by atoms with E-state index in [9.17, 15) is 0 Å². The van der Waals surface area contributed by atoms with E-state index in [0.29, 0.717) is 21.5 Å². The molecule has 0 radical (unpaired) electrons. The number of nitrogen functional groups attached to an aromatic ring is 1. The summed E-state index contributed by atoms with van der Waals surface area (Å²) in [4.78, 5) is 4.00. The lowest BCUT2D eigenvalue weighted by molar-refractivity contribution is 0.461. The lowest BCUT2D eigenvalue weighted by Crippen LogP contribution is -1.92. The normalized spacial score (nSPS) is 10.3. The van der Waals surface area contributed by atoms with Crippen LogP contribution in [0, 0.1) is 0 Å². The van der Waals surface area contributed by atoms with Gasteiger partial charge in [-0.25, -0.2) is 4.98 Å². The van der Waals surface area contributed by atoms with Gasteiger partial charge in [0.2, 0.25) is 5.88 Å². The Kier molecular flexibility index (Phi) is 3.76. The van der Waals surface area contributed by atoms with Gasteiger partial charge in [0.25, 0.3) is 0 Å². The highest BCUT2D eigenvalue weighted by Gasteiger charge is 2.08. The number of aromatic nitrogens is 1. The summed E-state index contributed by atoms with van der Waals surface area (Å²) in [5.41, 5.74) is 6.26. The molecule has 0 aliphatic carbocycles. The molecule has 0 saturated heterocycles. The number of benzene rings is 1. The second kappa shape index (κ2) is 5.12. The Morgan fingerprint density at radius 1 is 1.24 bits per heavy atom. The van der Waals surface area contributed by atoms with Crippen LogP contribution in [0.1, 0.15) is 0 Å². The van der Waals surface area contributed by atoms with Crippen molar-refractivity contribution in [3.05, 3.63) is 45.0 Å². The highest BCUT2D eigenvalue weighted by atomic mass is 79.9. The van der Waals surface area contributed by atoms with Crippen molar-refractivity contribution in [1.29, 1.82) is 0 Å². The molecule has 0 aliphatic rings. The third-order valence-corrected chi connectivity index (χ3v) is 3.07. The monoisotopic (exact) mass is 332 g/mol. The van der Waals surface area contributed by atoms with Crippen LogP contribution in [0.15, 0.2) is 34.9 Å².